The SMILES string of the molecule is Cc1nc(CCn2cnc3c(C(=O)O)cccc32)no1. The summed E-state index contributed by atoms with van der Waals surface area (Å²) in [5.74, 6) is 0.178. The van der Waals surface area contributed by atoms with Gasteiger partial charge in [0.25, 0.3) is 0 Å². The van der Waals surface area contributed by atoms with Crippen molar-refractivity contribution in [2.45, 2.75) is 19.9 Å². The van der Waals surface area contributed by atoms with Crippen LogP contribution in [0.5, 0.6) is 0 Å². The molecule has 0 radical (unpaired) electrons. The topological polar surface area (TPSA) is 94.0 Å². The summed E-state index contributed by atoms with van der Waals surface area (Å²) < 4.78 is 6.79. The highest BCUT2D eigenvalue weighted by Crippen LogP contribution is 2.17. The smallest absolute Gasteiger partial charge is 0.337 e. The molecule has 20 heavy (non-hydrogen) atoms. The maximum atomic E-state index is 11.1. The summed E-state index contributed by atoms with van der Waals surface area (Å²) in [6.07, 6.45) is 2.23. The fraction of sp³-hybridized carbons (Fsp3) is 0.231. The summed E-state index contributed by atoms with van der Waals surface area (Å²) in [6.45, 7) is 2.35. The molecule has 0 saturated carbocycles. The lowest BCUT2D eigenvalue weighted by molar-refractivity contribution is 0.0699. The molecule has 0 aliphatic carbocycles. The Balaban J connectivity index is 1.89. The van der Waals surface area contributed by atoms with E-state index < -0.39 is 5.97 Å². The van der Waals surface area contributed by atoms with Gasteiger partial charge in [0.15, 0.2) is 5.82 Å². The van der Waals surface area contributed by atoms with E-state index in [9.17, 15) is 4.79 Å². The number of carboxylic acids is 1. The van der Waals surface area contributed by atoms with Crippen molar-refractivity contribution in [1.82, 2.24) is 19.7 Å². The summed E-state index contributed by atoms with van der Waals surface area (Å²) >= 11 is 0. The van der Waals surface area contributed by atoms with E-state index in [4.69, 9.17) is 9.63 Å². The van der Waals surface area contributed by atoms with Crippen molar-refractivity contribution in [2.75, 3.05) is 0 Å². The molecule has 0 amide bonds. The van der Waals surface area contributed by atoms with Gasteiger partial charge < -0.3 is 14.2 Å². The number of aromatic carboxylic acids is 1. The molecule has 2 aromatic heterocycles. The normalized spacial score (nSPS) is 11.1. The third kappa shape index (κ3) is 2.13. The quantitative estimate of drug-likeness (QED) is 0.776. The summed E-state index contributed by atoms with van der Waals surface area (Å²) in [5, 5.41) is 12.9. The molecule has 0 atom stereocenters. The van der Waals surface area contributed by atoms with Gasteiger partial charge in [-0.25, -0.2) is 9.78 Å². The van der Waals surface area contributed by atoms with Crippen LogP contribution in [0.15, 0.2) is 29.0 Å². The van der Waals surface area contributed by atoms with Crippen molar-refractivity contribution in [2.24, 2.45) is 0 Å². The van der Waals surface area contributed by atoms with E-state index in [2.05, 4.69) is 15.1 Å². The van der Waals surface area contributed by atoms with Crippen LogP contribution < -0.4 is 0 Å². The van der Waals surface area contributed by atoms with Gasteiger partial charge in [0.05, 0.1) is 17.4 Å². The van der Waals surface area contributed by atoms with Crippen LogP contribution in [0.3, 0.4) is 0 Å². The van der Waals surface area contributed by atoms with Crippen LogP contribution in [0.4, 0.5) is 0 Å². The highest BCUT2D eigenvalue weighted by Gasteiger charge is 2.12. The number of fused-ring (bicyclic) bond motifs is 1. The summed E-state index contributed by atoms with van der Waals surface area (Å²) in [6, 6.07) is 5.10. The van der Waals surface area contributed by atoms with Gasteiger partial charge in [-0.3, -0.25) is 0 Å². The number of aryl methyl sites for hydroxylation is 3. The Bertz CT molecular complexity index is 775. The second-order valence-corrected chi connectivity index (χ2v) is 4.40. The average Bonchev–Trinajstić information content (AvgIpc) is 3.02. The van der Waals surface area contributed by atoms with Crippen LogP contribution in [-0.4, -0.2) is 30.8 Å². The molecule has 0 spiro atoms. The van der Waals surface area contributed by atoms with Gasteiger partial charge in [-0.15, -0.1) is 0 Å². The second kappa shape index (κ2) is 4.76. The van der Waals surface area contributed by atoms with Gasteiger partial charge in [-0.05, 0) is 12.1 Å². The standard InChI is InChI=1S/C13H12N4O3/c1-8-15-11(16-20-8)5-6-17-7-14-12-9(13(18)19)3-2-4-10(12)17/h2-4,7H,5-6H2,1H3,(H,18,19). The maximum absolute atomic E-state index is 11.1. The van der Waals surface area contributed by atoms with Crippen LogP contribution in [0, 0.1) is 6.92 Å². The molecule has 7 heteroatoms. The molecular formula is C13H12N4O3. The predicted molar refractivity (Wildman–Crippen MR) is 69.4 cm³/mol. The number of rotatable bonds is 4. The van der Waals surface area contributed by atoms with Crippen LogP contribution in [-0.2, 0) is 13.0 Å². The molecular weight excluding hydrogens is 260 g/mol. The molecule has 1 N–H and O–H groups in total. The highest BCUT2D eigenvalue weighted by atomic mass is 16.5. The minimum absolute atomic E-state index is 0.205. The van der Waals surface area contributed by atoms with Crippen molar-refractivity contribution in [3.8, 4) is 0 Å². The van der Waals surface area contributed by atoms with Gasteiger partial charge in [-0.2, -0.15) is 4.98 Å². The van der Waals surface area contributed by atoms with Crippen LogP contribution in [0.25, 0.3) is 11.0 Å². The van der Waals surface area contributed by atoms with Gasteiger partial charge in [0.1, 0.15) is 5.52 Å². The lowest BCUT2D eigenvalue weighted by Gasteiger charge is -2.02. The largest absolute Gasteiger partial charge is 0.478 e. The number of aromatic nitrogens is 4. The second-order valence-electron chi connectivity index (χ2n) is 4.40. The first kappa shape index (κ1) is 12.3. The summed E-state index contributed by atoms with van der Waals surface area (Å²) in [4.78, 5) is 19.4. The van der Waals surface area contributed by atoms with Gasteiger partial charge in [0, 0.05) is 19.9 Å². The average molecular weight is 272 g/mol. The van der Waals surface area contributed by atoms with Crippen LogP contribution in [0.1, 0.15) is 22.1 Å². The van der Waals surface area contributed by atoms with Crippen molar-refractivity contribution in [1.29, 1.82) is 0 Å². The zero-order valence-corrected chi connectivity index (χ0v) is 10.8. The first-order valence-electron chi connectivity index (χ1n) is 6.11. The van der Waals surface area contributed by atoms with Crippen molar-refractivity contribution in [3.05, 3.63) is 41.8 Å². The molecule has 0 unspecified atom stereocenters. The van der Waals surface area contributed by atoms with E-state index in [0.29, 0.717) is 30.2 Å². The van der Waals surface area contributed by atoms with E-state index in [1.54, 1.807) is 25.4 Å². The third-order valence-corrected chi connectivity index (χ3v) is 3.03. The number of para-hydroxylation sites is 1. The fourth-order valence-corrected chi connectivity index (χ4v) is 2.10. The van der Waals surface area contributed by atoms with E-state index >= 15 is 0 Å². The number of carboxylic acid groups (broad SMARTS) is 1. The maximum Gasteiger partial charge on any atom is 0.337 e. The molecule has 1 aromatic carbocycles. The highest BCUT2D eigenvalue weighted by molar-refractivity contribution is 6.00. The first-order chi connectivity index (χ1) is 9.65. The lowest BCUT2D eigenvalue weighted by atomic mass is 10.2. The molecule has 0 saturated heterocycles. The monoisotopic (exact) mass is 272 g/mol. The third-order valence-electron chi connectivity index (χ3n) is 3.03. The molecule has 2 heterocycles. The van der Waals surface area contributed by atoms with Crippen LogP contribution in [0.2, 0.25) is 0 Å². The number of carbonyl (C=O) groups is 1. The Morgan fingerprint density at radius 1 is 1.45 bits per heavy atom. The number of nitrogens with zero attached hydrogens (tertiary/aromatic N) is 4. The van der Waals surface area contributed by atoms with E-state index in [-0.39, 0.29) is 5.56 Å². The van der Waals surface area contributed by atoms with Crippen molar-refractivity contribution >= 4 is 17.0 Å². The first-order valence-corrected chi connectivity index (χ1v) is 6.11. The summed E-state index contributed by atoms with van der Waals surface area (Å²) in [7, 11) is 0. The molecule has 7 nitrogen and oxygen atoms in total. The van der Waals surface area contributed by atoms with Crippen molar-refractivity contribution in [3.63, 3.8) is 0 Å². The Kier molecular flexibility index (Phi) is 2.94. The van der Waals surface area contributed by atoms with E-state index in [1.807, 2.05) is 10.6 Å². The van der Waals surface area contributed by atoms with Gasteiger partial charge >= 0.3 is 5.97 Å². The predicted octanol–water partition coefficient (Wildman–Crippen LogP) is 1.67. The summed E-state index contributed by atoms with van der Waals surface area (Å²) in [5.41, 5.74) is 1.48. The Morgan fingerprint density at radius 3 is 3.00 bits per heavy atom. The molecule has 0 fully saturated rings. The van der Waals surface area contributed by atoms with Crippen molar-refractivity contribution < 1.29 is 14.4 Å². The number of benzene rings is 1. The fourth-order valence-electron chi connectivity index (χ4n) is 2.10. The molecule has 3 aromatic rings. The molecule has 102 valence electrons. The molecule has 0 bridgehead atoms. The minimum atomic E-state index is -0.977. The Hall–Kier alpha value is -2.70. The minimum Gasteiger partial charge on any atom is -0.478 e. The van der Waals surface area contributed by atoms with Crippen LogP contribution >= 0.6 is 0 Å². The van der Waals surface area contributed by atoms with Gasteiger partial charge in [-0.1, -0.05) is 11.2 Å². The number of hydrogen-bond donors (Lipinski definition) is 1. The zero-order chi connectivity index (χ0) is 14.1. The number of imidazole rings is 1. The zero-order valence-electron chi connectivity index (χ0n) is 10.8. The Labute approximate surface area is 113 Å². The molecule has 0 aliphatic heterocycles. The van der Waals surface area contributed by atoms with Gasteiger partial charge in [0.2, 0.25) is 5.89 Å². The van der Waals surface area contributed by atoms with E-state index in [0.717, 1.165) is 5.52 Å². The molecule has 3 rings (SSSR count). The number of hydrogen-bond acceptors (Lipinski definition) is 5. The van der Waals surface area contributed by atoms with E-state index in [1.165, 1.54) is 0 Å². The molecule has 0 aliphatic rings. The Morgan fingerprint density at radius 2 is 2.30 bits per heavy atom. The lowest BCUT2D eigenvalue weighted by Crippen LogP contribution is -2.02.